The molecule has 0 unspecified atom stereocenters. The van der Waals surface area contributed by atoms with Crippen LogP contribution in [0.3, 0.4) is 0 Å². The molecule has 0 saturated carbocycles. The third-order valence-electron chi connectivity index (χ3n) is 3.27. The Morgan fingerprint density at radius 3 is 2.70 bits per heavy atom. The van der Waals surface area contributed by atoms with E-state index >= 15 is 0 Å². The Morgan fingerprint density at radius 1 is 1.30 bits per heavy atom. The Bertz CT molecular complexity index is 723. The van der Waals surface area contributed by atoms with Gasteiger partial charge in [0.2, 0.25) is 6.79 Å². The molecule has 1 aliphatic heterocycles. The quantitative estimate of drug-likeness (QED) is 0.494. The number of carboxylic acid groups (broad SMARTS) is 1. The topological polar surface area (TPSA) is 79.6 Å². The summed E-state index contributed by atoms with van der Waals surface area (Å²) >= 11 is 0. The van der Waals surface area contributed by atoms with E-state index in [0.717, 1.165) is 29.9 Å². The molecule has 1 aromatic rings. The van der Waals surface area contributed by atoms with Crippen molar-refractivity contribution in [3.05, 3.63) is 53.1 Å². The summed E-state index contributed by atoms with van der Waals surface area (Å²) in [6, 6.07) is 5.55. The fourth-order valence-electron chi connectivity index (χ4n) is 2.17. The number of ether oxygens (including phenoxy) is 2. The van der Waals surface area contributed by atoms with Gasteiger partial charge in [-0.2, -0.15) is 5.26 Å². The first-order valence-electron chi connectivity index (χ1n) is 7.26. The summed E-state index contributed by atoms with van der Waals surface area (Å²) in [4.78, 5) is 10.7. The third-order valence-corrected chi connectivity index (χ3v) is 3.27. The molecule has 0 bridgehead atoms. The van der Waals surface area contributed by atoms with Crippen molar-refractivity contribution in [3.63, 3.8) is 0 Å². The van der Waals surface area contributed by atoms with E-state index < -0.39 is 5.97 Å². The van der Waals surface area contributed by atoms with Crippen LogP contribution in [-0.4, -0.2) is 17.9 Å². The largest absolute Gasteiger partial charge is 0.477 e. The van der Waals surface area contributed by atoms with Crippen LogP contribution in [0.4, 0.5) is 0 Å². The molecule has 5 nitrogen and oxygen atoms in total. The van der Waals surface area contributed by atoms with Gasteiger partial charge in [0, 0.05) is 0 Å². The van der Waals surface area contributed by atoms with Crippen molar-refractivity contribution in [1.82, 2.24) is 0 Å². The molecule has 0 radical (unpaired) electrons. The number of aryl methyl sites for hydroxylation is 1. The number of carbonyl (C=O) groups is 1. The highest BCUT2D eigenvalue weighted by Crippen LogP contribution is 2.35. The minimum absolute atomic E-state index is 0.241. The van der Waals surface area contributed by atoms with Crippen molar-refractivity contribution in [3.8, 4) is 17.6 Å². The van der Waals surface area contributed by atoms with E-state index in [1.165, 1.54) is 17.7 Å². The van der Waals surface area contributed by atoms with Crippen LogP contribution < -0.4 is 9.47 Å². The van der Waals surface area contributed by atoms with Crippen LogP contribution in [0.5, 0.6) is 11.5 Å². The molecule has 1 aliphatic rings. The molecule has 1 heterocycles. The van der Waals surface area contributed by atoms with Gasteiger partial charge in [-0.15, -0.1) is 0 Å². The van der Waals surface area contributed by atoms with Crippen LogP contribution in [0.2, 0.25) is 0 Å². The van der Waals surface area contributed by atoms with Gasteiger partial charge in [0.1, 0.15) is 11.6 Å². The molecule has 118 valence electrons. The number of benzene rings is 1. The van der Waals surface area contributed by atoms with Crippen molar-refractivity contribution in [2.45, 2.75) is 19.8 Å². The molecule has 0 fully saturated rings. The fraction of sp³-hybridized carbons (Fsp3) is 0.222. The number of carboxylic acids is 1. The second kappa shape index (κ2) is 7.85. The number of rotatable bonds is 6. The maximum absolute atomic E-state index is 10.7. The van der Waals surface area contributed by atoms with Gasteiger partial charge in [-0.25, -0.2) is 4.79 Å². The number of fused-ring (bicyclic) bond motifs is 1. The summed E-state index contributed by atoms with van der Waals surface area (Å²) < 4.78 is 10.8. The molecule has 0 aliphatic carbocycles. The van der Waals surface area contributed by atoms with Gasteiger partial charge in [0.05, 0.1) is 0 Å². The number of allylic oxidation sites excluding steroid dienone is 4. The average molecular weight is 311 g/mol. The van der Waals surface area contributed by atoms with Crippen molar-refractivity contribution < 1.29 is 19.4 Å². The zero-order valence-electron chi connectivity index (χ0n) is 12.8. The van der Waals surface area contributed by atoms with E-state index in [9.17, 15) is 4.79 Å². The molecule has 5 heteroatoms. The van der Waals surface area contributed by atoms with E-state index in [0.29, 0.717) is 0 Å². The van der Waals surface area contributed by atoms with E-state index in [1.807, 2.05) is 18.2 Å². The SMILES string of the molecule is CCCc1cc2c(cc1C=CC=CC=C(C#N)C(=O)O)OCO2. The van der Waals surface area contributed by atoms with E-state index in [2.05, 4.69) is 6.92 Å². The minimum atomic E-state index is -1.23. The van der Waals surface area contributed by atoms with Crippen LogP contribution in [-0.2, 0) is 11.2 Å². The molecule has 0 saturated heterocycles. The first-order chi connectivity index (χ1) is 11.2. The average Bonchev–Trinajstić information content (AvgIpc) is 2.97. The lowest BCUT2D eigenvalue weighted by atomic mass is 10.0. The zero-order chi connectivity index (χ0) is 16.7. The first kappa shape index (κ1) is 16.4. The van der Waals surface area contributed by atoms with Crippen molar-refractivity contribution in [1.29, 1.82) is 5.26 Å². The smallest absolute Gasteiger partial charge is 0.346 e. The van der Waals surface area contributed by atoms with Gasteiger partial charge in [0.15, 0.2) is 11.5 Å². The molecule has 1 aromatic carbocycles. The standard InChI is InChI=1S/C18H17NO4/c1-2-6-13-9-16-17(23-12-22-16)10-14(13)7-4-3-5-8-15(11-19)18(20)21/h3-5,7-10H,2,6,12H2,1H3,(H,20,21). The molecule has 0 atom stereocenters. The highest BCUT2D eigenvalue weighted by molar-refractivity contribution is 5.91. The van der Waals surface area contributed by atoms with Gasteiger partial charge in [-0.1, -0.05) is 37.6 Å². The molecule has 2 rings (SSSR count). The van der Waals surface area contributed by atoms with Crippen molar-refractivity contribution >= 4 is 12.0 Å². The minimum Gasteiger partial charge on any atom is -0.477 e. The van der Waals surface area contributed by atoms with Gasteiger partial charge in [0.25, 0.3) is 0 Å². The Kier molecular flexibility index (Phi) is 5.59. The van der Waals surface area contributed by atoms with Gasteiger partial charge >= 0.3 is 5.97 Å². The van der Waals surface area contributed by atoms with Crippen molar-refractivity contribution in [2.24, 2.45) is 0 Å². The van der Waals surface area contributed by atoms with E-state index in [-0.39, 0.29) is 12.4 Å². The number of nitriles is 1. The third kappa shape index (κ3) is 4.24. The monoisotopic (exact) mass is 311 g/mol. The van der Waals surface area contributed by atoms with E-state index in [1.54, 1.807) is 18.2 Å². The summed E-state index contributed by atoms with van der Waals surface area (Å²) in [7, 11) is 0. The molecular weight excluding hydrogens is 294 g/mol. The highest BCUT2D eigenvalue weighted by atomic mass is 16.7. The maximum Gasteiger partial charge on any atom is 0.346 e. The first-order valence-corrected chi connectivity index (χ1v) is 7.26. The van der Waals surface area contributed by atoms with Gasteiger partial charge in [-0.3, -0.25) is 0 Å². The zero-order valence-corrected chi connectivity index (χ0v) is 12.8. The van der Waals surface area contributed by atoms with Crippen LogP contribution >= 0.6 is 0 Å². The Hall–Kier alpha value is -3.00. The summed E-state index contributed by atoms with van der Waals surface area (Å²) in [6.07, 6.45) is 10.1. The lowest BCUT2D eigenvalue weighted by molar-refractivity contribution is -0.132. The van der Waals surface area contributed by atoms with Gasteiger partial charge in [-0.05, 0) is 35.8 Å². The second-order valence-corrected chi connectivity index (χ2v) is 4.90. The number of nitrogens with zero attached hydrogens (tertiary/aromatic N) is 1. The Labute approximate surface area is 134 Å². The highest BCUT2D eigenvalue weighted by Gasteiger charge is 2.15. The second-order valence-electron chi connectivity index (χ2n) is 4.90. The number of aliphatic carboxylic acids is 1. The summed E-state index contributed by atoms with van der Waals surface area (Å²) in [5.74, 6) is 0.261. The number of hydrogen-bond donors (Lipinski definition) is 1. The predicted molar refractivity (Wildman–Crippen MR) is 86.1 cm³/mol. The lowest BCUT2D eigenvalue weighted by Crippen LogP contribution is -1.96. The molecule has 0 spiro atoms. The Morgan fingerprint density at radius 2 is 2.04 bits per heavy atom. The van der Waals surface area contributed by atoms with Crippen LogP contribution in [0, 0.1) is 11.3 Å². The fourth-order valence-corrected chi connectivity index (χ4v) is 2.17. The van der Waals surface area contributed by atoms with Gasteiger partial charge < -0.3 is 14.6 Å². The van der Waals surface area contributed by atoms with Crippen LogP contribution in [0.15, 0.2) is 42.0 Å². The molecule has 0 aromatic heterocycles. The maximum atomic E-state index is 10.7. The number of hydrogen-bond acceptors (Lipinski definition) is 4. The van der Waals surface area contributed by atoms with Crippen LogP contribution in [0.1, 0.15) is 24.5 Å². The molecule has 23 heavy (non-hydrogen) atoms. The summed E-state index contributed by atoms with van der Waals surface area (Å²) in [6.45, 7) is 2.35. The van der Waals surface area contributed by atoms with E-state index in [4.69, 9.17) is 19.8 Å². The summed E-state index contributed by atoms with van der Waals surface area (Å²) in [5, 5.41) is 17.4. The summed E-state index contributed by atoms with van der Waals surface area (Å²) in [5.41, 5.74) is 1.90. The molecular formula is C18H17NO4. The van der Waals surface area contributed by atoms with Crippen molar-refractivity contribution in [2.75, 3.05) is 6.79 Å². The normalized spacial score (nSPS) is 13.7. The molecule has 1 N–H and O–H groups in total. The molecule has 0 amide bonds. The lowest BCUT2D eigenvalue weighted by Gasteiger charge is -2.06. The van der Waals surface area contributed by atoms with Crippen LogP contribution in [0.25, 0.3) is 6.08 Å². The predicted octanol–water partition coefficient (Wildman–Crippen LogP) is 3.47. The Balaban J connectivity index is 2.16.